The molecule has 14 heavy (non-hydrogen) atoms. The molecule has 76 valence electrons. The molecule has 0 saturated carbocycles. The molecular weight excluding hydrogens is 178 g/mol. The number of nitrogens with zero attached hydrogens (tertiary/aromatic N) is 2. The zero-order valence-corrected chi connectivity index (χ0v) is 8.42. The first kappa shape index (κ1) is 9.40. The summed E-state index contributed by atoms with van der Waals surface area (Å²) in [6.45, 7) is 0.569. The molecule has 0 radical (unpaired) electrons. The lowest BCUT2D eigenvalue weighted by Gasteiger charge is -2.09. The van der Waals surface area contributed by atoms with Crippen LogP contribution in [-0.2, 0) is 19.9 Å². The molecule has 4 heteroatoms. The van der Waals surface area contributed by atoms with Crippen LogP contribution in [0.1, 0.15) is 34.6 Å². The Balaban J connectivity index is 2.48. The zero-order chi connectivity index (χ0) is 10.1. The van der Waals surface area contributed by atoms with Crippen LogP contribution in [-0.4, -0.2) is 22.1 Å². The minimum atomic E-state index is 0.239. The number of nitrogens with two attached hydrogens (primary N) is 1. The van der Waals surface area contributed by atoms with Crippen molar-refractivity contribution in [2.24, 2.45) is 12.8 Å². The van der Waals surface area contributed by atoms with E-state index in [2.05, 4.69) is 5.10 Å². The monoisotopic (exact) mass is 193 g/mol. The molecule has 0 aliphatic heterocycles. The Morgan fingerprint density at radius 1 is 1.50 bits per heavy atom. The first-order valence-corrected chi connectivity index (χ1v) is 5.02. The van der Waals surface area contributed by atoms with E-state index < -0.39 is 0 Å². The molecule has 0 saturated heterocycles. The van der Waals surface area contributed by atoms with Gasteiger partial charge in [-0.15, -0.1) is 0 Å². The second-order valence-corrected chi connectivity index (χ2v) is 3.71. The number of fused-ring (bicyclic) bond motifs is 1. The van der Waals surface area contributed by atoms with Gasteiger partial charge in [-0.05, 0) is 19.4 Å². The first-order chi connectivity index (χ1) is 6.74. The van der Waals surface area contributed by atoms with Crippen molar-refractivity contribution in [2.75, 3.05) is 6.54 Å². The van der Waals surface area contributed by atoms with Gasteiger partial charge in [-0.25, -0.2) is 0 Å². The molecule has 1 aliphatic rings. The average molecular weight is 193 g/mol. The van der Waals surface area contributed by atoms with Crippen LogP contribution in [0.2, 0.25) is 0 Å². The fraction of sp³-hybridized carbons (Fsp3) is 0.600. The van der Waals surface area contributed by atoms with Gasteiger partial charge in [-0.3, -0.25) is 9.48 Å². The Morgan fingerprint density at radius 2 is 2.29 bits per heavy atom. The number of hydrogen-bond donors (Lipinski definition) is 1. The van der Waals surface area contributed by atoms with Crippen molar-refractivity contribution < 1.29 is 4.79 Å². The van der Waals surface area contributed by atoms with Crippen molar-refractivity contribution in [1.29, 1.82) is 0 Å². The van der Waals surface area contributed by atoms with Gasteiger partial charge in [0.1, 0.15) is 0 Å². The molecule has 0 unspecified atom stereocenters. The lowest BCUT2D eigenvalue weighted by Crippen LogP contribution is -2.14. The van der Waals surface area contributed by atoms with Gasteiger partial charge in [-0.1, -0.05) is 0 Å². The number of carbonyl (C=O) groups excluding carboxylic acids is 1. The molecule has 0 fully saturated rings. The van der Waals surface area contributed by atoms with Crippen molar-refractivity contribution >= 4 is 5.78 Å². The highest BCUT2D eigenvalue weighted by atomic mass is 16.1. The van der Waals surface area contributed by atoms with Crippen molar-refractivity contribution in [1.82, 2.24) is 9.78 Å². The van der Waals surface area contributed by atoms with Crippen molar-refractivity contribution in [2.45, 2.75) is 25.7 Å². The number of Topliss-reactive ketones (excluding diaryl/α,β-unsaturated/α-hetero) is 1. The summed E-state index contributed by atoms with van der Waals surface area (Å²) in [7, 11) is 1.89. The van der Waals surface area contributed by atoms with Crippen LogP contribution in [0.25, 0.3) is 0 Å². The molecular formula is C10H15N3O. The molecule has 2 rings (SSSR count). The van der Waals surface area contributed by atoms with E-state index in [9.17, 15) is 4.79 Å². The number of aryl methyl sites for hydroxylation is 2. The smallest absolute Gasteiger partial charge is 0.166 e. The second-order valence-electron chi connectivity index (χ2n) is 3.71. The van der Waals surface area contributed by atoms with E-state index in [1.54, 1.807) is 4.68 Å². The van der Waals surface area contributed by atoms with E-state index in [0.717, 1.165) is 36.2 Å². The highest BCUT2D eigenvalue weighted by molar-refractivity contribution is 5.99. The summed E-state index contributed by atoms with van der Waals surface area (Å²) in [5.41, 5.74) is 8.34. The van der Waals surface area contributed by atoms with E-state index in [0.29, 0.717) is 13.0 Å². The van der Waals surface area contributed by atoms with Gasteiger partial charge in [0, 0.05) is 19.9 Å². The molecule has 1 aromatic rings. The minimum Gasteiger partial charge on any atom is -0.330 e. The number of ketones is 1. The fourth-order valence-electron chi connectivity index (χ4n) is 2.08. The third kappa shape index (κ3) is 1.35. The Labute approximate surface area is 83.1 Å². The molecule has 1 heterocycles. The summed E-state index contributed by atoms with van der Waals surface area (Å²) in [5.74, 6) is 0.239. The van der Waals surface area contributed by atoms with Crippen LogP contribution in [0, 0.1) is 0 Å². The predicted molar refractivity (Wildman–Crippen MR) is 53.2 cm³/mol. The van der Waals surface area contributed by atoms with E-state index in [-0.39, 0.29) is 5.78 Å². The van der Waals surface area contributed by atoms with Gasteiger partial charge in [0.25, 0.3) is 0 Å². The number of rotatable bonds is 2. The SMILES string of the molecule is Cn1nc2c(c1CCN)C(=O)CCC2. The normalized spacial score (nSPS) is 15.7. The Kier molecular flexibility index (Phi) is 2.37. The molecule has 0 amide bonds. The summed E-state index contributed by atoms with van der Waals surface area (Å²) in [6.07, 6.45) is 3.27. The zero-order valence-electron chi connectivity index (χ0n) is 8.42. The molecule has 0 bridgehead atoms. The lowest BCUT2D eigenvalue weighted by atomic mass is 9.94. The first-order valence-electron chi connectivity index (χ1n) is 5.02. The average Bonchev–Trinajstić information content (AvgIpc) is 2.45. The maximum absolute atomic E-state index is 11.7. The van der Waals surface area contributed by atoms with Gasteiger partial charge in [0.2, 0.25) is 0 Å². The molecule has 4 nitrogen and oxygen atoms in total. The third-order valence-electron chi connectivity index (χ3n) is 2.72. The lowest BCUT2D eigenvalue weighted by molar-refractivity contribution is 0.0971. The van der Waals surface area contributed by atoms with Crippen molar-refractivity contribution in [3.63, 3.8) is 0 Å². The van der Waals surface area contributed by atoms with Gasteiger partial charge >= 0.3 is 0 Å². The standard InChI is InChI=1S/C10H15N3O/c1-13-8(5-6-11)10-7(12-13)3-2-4-9(10)14/h2-6,11H2,1H3. The fourth-order valence-corrected chi connectivity index (χ4v) is 2.08. The molecule has 0 spiro atoms. The van der Waals surface area contributed by atoms with Gasteiger partial charge < -0.3 is 5.73 Å². The van der Waals surface area contributed by atoms with Gasteiger partial charge in [0.15, 0.2) is 5.78 Å². The van der Waals surface area contributed by atoms with E-state index >= 15 is 0 Å². The summed E-state index contributed by atoms with van der Waals surface area (Å²) in [4.78, 5) is 11.7. The Hall–Kier alpha value is -1.16. The van der Waals surface area contributed by atoms with Crippen molar-refractivity contribution in [3.8, 4) is 0 Å². The van der Waals surface area contributed by atoms with E-state index in [1.807, 2.05) is 7.05 Å². The maximum atomic E-state index is 11.7. The topological polar surface area (TPSA) is 60.9 Å². The molecule has 1 aliphatic carbocycles. The second kappa shape index (κ2) is 3.53. The minimum absolute atomic E-state index is 0.239. The van der Waals surface area contributed by atoms with Gasteiger partial charge in [-0.2, -0.15) is 5.10 Å². The third-order valence-corrected chi connectivity index (χ3v) is 2.72. The molecule has 0 aromatic carbocycles. The molecule has 0 atom stereocenters. The van der Waals surface area contributed by atoms with Crippen LogP contribution >= 0.6 is 0 Å². The highest BCUT2D eigenvalue weighted by Crippen LogP contribution is 2.23. The van der Waals surface area contributed by atoms with Crippen LogP contribution in [0.4, 0.5) is 0 Å². The van der Waals surface area contributed by atoms with Crippen LogP contribution in [0.15, 0.2) is 0 Å². The van der Waals surface area contributed by atoms with E-state index in [4.69, 9.17) is 5.73 Å². The van der Waals surface area contributed by atoms with Crippen molar-refractivity contribution in [3.05, 3.63) is 17.0 Å². The van der Waals surface area contributed by atoms with E-state index in [1.165, 1.54) is 0 Å². The summed E-state index contributed by atoms with van der Waals surface area (Å²) in [6, 6.07) is 0. The Morgan fingerprint density at radius 3 is 3.00 bits per heavy atom. The van der Waals surface area contributed by atoms with Crippen LogP contribution in [0.3, 0.4) is 0 Å². The summed E-state index contributed by atoms with van der Waals surface area (Å²) in [5, 5.41) is 4.36. The van der Waals surface area contributed by atoms with Crippen LogP contribution in [0.5, 0.6) is 0 Å². The molecule has 2 N–H and O–H groups in total. The summed E-state index contributed by atoms with van der Waals surface area (Å²) >= 11 is 0. The Bertz CT molecular complexity index is 368. The largest absolute Gasteiger partial charge is 0.330 e. The predicted octanol–water partition coefficient (Wildman–Crippen LogP) is 0.440. The van der Waals surface area contributed by atoms with Gasteiger partial charge in [0.05, 0.1) is 17.0 Å². The number of hydrogen-bond acceptors (Lipinski definition) is 3. The maximum Gasteiger partial charge on any atom is 0.166 e. The highest BCUT2D eigenvalue weighted by Gasteiger charge is 2.24. The number of aromatic nitrogens is 2. The summed E-state index contributed by atoms with van der Waals surface area (Å²) < 4.78 is 1.81. The quantitative estimate of drug-likeness (QED) is 0.741. The van der Waals surface area contributed by atoms with Crippen LogP contribution < -0.4 is 5.73 Å². The molecule has 1 aromatic heterocycles. The number of carbonyl (C=O) groups is 1.